The van der Waals surface area contributed by atoms with E-state index in [1.165, 1.54) is 25.1 Å². The first-order valence-electron chi connectivity index (χ1n) is 6.61. The third-order valence-corrected chi connectivity index (χ3v) is 3.66. The fourth-order valence-corrected chi connectivity index (χ4v) is 2.62. The number of esters is 1. The monoisotopic (exact) mass is 327 g/mol. The number of carbonyl (C=O) groups is 2. The van der Waals surface area contributed by atoms with Crippen LogP contribution in [0.25, 0.3) is 0 Å². The van der Waals surface area contributed by atoms with Crippen LogP contribution in [0.5, 0.6) is 0 Å². The second kappa shape index (κ2) is 7.96. The quantitative estimate of drug-likeness (QED) is 0.849. The lowest BCUT2D eigenvalue weighted by atomic mass is 10.3. The average molecular weight is 327 g/mol. The van der Waals surface area contributed by atoms with Gasteiger partial charge in [-0.2, -0.15) is 5.26 Å². The maximum Gasteiger partial charge on any atom is 0.337 e. The first kappa shape index (κ1) is 16.5. The van der Waals surface area contributed by atoms with Crippen LogP contribution in [-0.2, 0) is 9.53 Å². The molecule has 0 radical (unpaired) electrons. The number of nitrogens with zero attached hydrogens (tertiary/aromatic N) is 2. The summed E-state index contributed by atoms with van der Waals surface area (Å²) in [7, 11) is 1.32. The highest BCUT2D eigenvalue weighted by atomic mass is 32.2. The zero-order valence-electron chi connectivity index (χ0n) is 12.3. The molecule has 2 aromatic rings. The number of anilines is 1. The molecule has 0 saturated carbocycles. The molecule has 23 heavy (non-hydrogen) atoms. The number of carbonyl (C=O) groups excluding carboxylic acids is 2. The summed E-state index contributed by atoms with van der Waals surface area (Å²) < 4.78 is 4.68. The lowest BCUT2D eigenvalue weighted by Crippen LogP contribution is -2.09. The predicted molar refractivity (Wildman–Crippen MR) is 85.0 cm³/mol. The minimum atomic E-state index is -0.424. The number of methoxy groups -OCH3 is 1. The molecule has 7 heteroatoms. The van der Waals surface area contributed by atoms with E-state index >= 15 is 0 Å². The summed E-state index contributed by atoms with van der Waals surface area (Å²) >= 11 is 1.35. The largest absolute Gasteiger partial charge is 0.465 e. The van der Waals surface area contributed by atoms with Crippen molar-refractivity contribution in [3.63, 3.8) is 0 Å². The molecule has 0 atom stereocenters. The first-order chi connectivity index (χ1) is 11.1. The highest BCUT2D eigenvalue weighted by Gasteiger charge is 2.08. The molecule has 1 aromatic carbocycles. The normalized spacial score (nSPS) is 9.74. The van der Waals surface area contributed by atoms with Crippen molar-refractivity contribution in [1.29, 1.82) is 5.26 Å². The Kier molecular flexibility index (Phi) is 5.72. The zero-order valence-corrected chi connectivity index (χ0v) is 13.1. The molecule has 116 valence electrons. The summed E-state index contributed by atoms with van der Waals surface area (Å²) in [5.41, 5.74) is 1.02. The van der Waals surface area contributed by atoms with Gasteiger partial charge < -0.3 is 10.1 Å². The highest BCUT2D eigenvalue weighted by Crippen LogP contribution is 2.28. The molecule has 1 amide bonds. The van der Waals surface area contributed by atoms with Gasteiger partial charge in [0, 0.05) is 16.8 Å². The molecule has 1 aromatic heterocycles. The molecule has 0 aliphatic rings. The molecule has 0 saturated heterocycles. The standard InChI is InChI=1S/C16H13N3O3S/c1-22-16(21)11-6-8-18-15(9-11)23-13-4-2-3-12(10-13)19-14(20)5-7-17/h2-4,6,8-10H,5H2,1H3,(H,19,20). The second-order valence-electron chi connectivity index (χ2n) is 4.39. The lowest BCUT2D eigenvalue weighted by molar-refractivity contribution is -0.115. The summed E-state index contributed by atoms with van der Waals surface area (Å²) in [4.78, 5) is 28.0. The number of hydrogen-bond donors (Lipinski definition) is 1. The molecular weight excluding hydrogens is 314 g/mol. The molecule has 0 unspecified atom stereocenters. The number of nitrogens with one attached hydrogen (secondary N) is 1. The van der Waals surface area contributed by atoms with Crippen molar-refractivity contribution in [1.82, 2.24) is 4.98 Å². The van der Waals surface area contributed by atoms with Crippen LogP contribution < -0.4 is 5.32 Å². The van der Waals surface area contributed by atoms with Crippen LogP contribution in [0.15, 0.2) is 52.5 Å². The number of benzene rings is 1. The molecule has 0 fully saturated rings. The van der Waals surface area contributed by atoms with E-state index in [0.29, 0.717) is 16.3 Å². The maximum absolute atomic E-state index is 11.5. The Morgan fingerprint density at radius 3 is 2.91 bits per heavy atom. The van der Waals surface area contributed by atoms with Crippen molar-refractivity contribution in [3.05, 3.63) is 48.2 Å². The van der Waals surface area contributed by atoms with Gasteiger partial charge in [0.05, 0.1) is 18.7 Å². The van der Waals surface area contributed by atoms with E-state index in [1.807, 2.05) is 6.07 Å². The summed E-state index contributed by atoms with van der Waals surface area (Å²) in [6.07, 6.45) is 1.34. The van der Waals surface area contributed by atoms with Gasteiger partial charge in [-0.25, -0.2) is 9.78 Å². The Labute approximate surface area is 137 Å². The van der Waals surface area contributed by atoms with E-state index in [2.05, 4.69) is 15.0 Å². The Hall–Kier alpha value is -2.85. The van der Waals surface area contributed by atoms with Crippen LogP contribution >= 0.6 is 11.8 Å². The summed E-state index contributed by atoms with van der Waals surface area (Å²) in [6.45, 7) is 0. The molecule has 1 N–H and O–H groups in total. The first-order valence-corrected chi connectivity index (χ1v) is 7.43. The van der Waals surface area contributed by atoms with Crippen LogP contribution in [0.3, 0.4) is 0 Å². The van der Waals surface area contributed by atoms with Crippen LogP contribution in [0.2, 0.25) is 0 Å². The Bertz CT molecular complexity index is 771. The molecule has 0 bridgehead atoms. The van der Waals surface area contributed by atoms with Gasteiger partial charge in [0.15, 0.2) is 0 Å². The zero-order chi connectivity index (χ0) is 16.7. The van der Waals surface area contributed by atoms with Crippen LogP contribution in [-0.4, -0.2) is 24.0 Å². The van der Waals surface area contributed by atoms with Gasteiger partial charge in [0.1, 0.15) is 11.4 Å². The number of pyridine rings is 1. The fraction of sp³-hybridized carbons (Fsp3) is 0.125. The van der Waals surface area contributed by atoms with E-state index in [0.717, 1.165) is 4.90 Å². The van der Waals surface area contributed by atoms with E-state index in [-0.39, 0.29) is 12.3 Å². The van der Waals surface area contributed by atoms with Crippen LogP contribution in [0, 0.1) is 11.3 Å². The third kappa shape index (κ3) is 4.83. The number of nitriles is 1. The third-order valence-electron chi connectivity index (χ3n) is 2.74. The molecular formula is C16H13N3O3S. The highest BCUT2D eigenvalue weighted by molar-refractivity contribution is 7.99. The Morgan fingerprint density at radius 1 is 1.35 bits per heavy atom. The van der Waals surface area contributed by atoms with Gasteiger partial charge in [-0.3, -0.25) is 4.79 Å². The number of amides is 1. The minimum absolute atomic E-state index is 0.194. The number of rotatable bonds is 5. The smallest absolute Gasteiger partial charge is 0.337 e. The van der Waals surface area contributed by atoms with Crippen molar-refractivity contribution in [2.45, 2.75) is 16.3 Å². The SMILES string of the molecule is COC(=O)c1ccnc(Sc2cccc(NC(=O)CC#N)c2)c1. The number of aromatic nitrogens is 1. The van der Waals surface area contributed by atoms with Gasteiger partial charge in [-0.1, -0.05) is 17.8 Å². The van der Waals surface area contributed by atoms with Crippen molar-refractivity contribution >= 4 is 29.3 Å². The van der Waals surface area contributed by atoms with E-state index in [1.54, 1.807) is 36.4 Å². The summed E-state index contributed by atoms with van der Waals surface area (Å²) in [5.74, 6) is -0.785. The van der Waals surface area contributed by atoms with Crippen LogP contribution in [0.1, 0.15) is 16.8 Å². The number of ether oxygens (including phenoxy) is 1. The van der Waals surface area contributed by atoms with Gasteiger partial charge in [0.25, 0.3) is 0 Å². The van der Waals surface area contributed by atoms with E-state index < -0.39 is 5.97 Å². The van der Waals surface area contributed by atoms with Gasteiger partial charge in [-0.15, -0.1) is 0 Å². The molecule has 6 nitrogen and oxygen atoms in total. The molecule has 1 heterocycles. The van der Waals surface area contributed by atoms with E-state index in [9.17, 15) is 9.59 Å². The summed E-state index contributed by atoms with van der Waals surface area (Å²) in [5, 5.41) is 11.8. The lowest BCUT2D eigenvalue weighted by Gasteiger charge is -2.06. The Balaban J connectivity index is 2.13. The molecule has 0 spiro atoms. The minimum Gasteiger partial charge on any atom is -0.465 e. The summed E-state index contributed by atoms with van der Waals surface area (Å²) in [6, 6.07) is 12.2. The van der Waals surface area contributed by atoms with E-state index in [4.69, 9.17) is 5.26 Å². The van der Waals surface area contributed by atoms with Crippen molar-refractivity contribution in [3.8, 4) is 6.07 Å². The number of hydrogen-bond acceptors (Lipinski definition) is 6. The predicted octanol–water partition coefficient (Wildman–Crippen LogP) is 2.87. The Morgan fingerprint density at radius 2 is 2.17 bits per heavy atom. The van der Waals surface area contributed by atoms with Gasteiger partial charge in [0.2, 0.25) is 5.91 Å². The van der Waals surface area contributed by atoms with Crippen molar-refractivity contribution < 1.29 is 14.3 Å². The van der Waals surface area contributed by atoms with Crippen LogP contribution in [0.4, 0.5) is 5.69 Å². The second-order valence-corrected chi connectivity index (χ2v) is 5.48. The molecule has 0 aliphatic carbocycles. The van der Waals surface area contributed by atoms with Crippen molar-refractivity contribution in [2.24, 2.45) is 0 Å². The van der Waals surface area contributed by atoms with Gasteiger partial charge in [-0.05, 0) is 30.3 Å². The van der Waals surface area contributed by atoms with Gasteiger partial charge >= 0.3 is 5.97 Å². The van der Waals surface area contributed by atoms with Crippen molar-refractivity contribution in [2.75, 3.05) is 12.4 Å². The fourth-order valence-electron chi connectivity index (χ4n) is 1.75. The average Bonchev–Trinajstić information content (AvgIpc) is 2.55. The molecule has 2 rings (SSSR count). The molecule has 0 aliphatic heterocycles. The topological polar surface area (TPSA) is 92.1 Å². The maximum atomic E-state index is 11.5.